The Hall–Kier alpha value is -1.25. The molecule has 4 aliphatic rings. The quantitative estimate of drug-likeness (QED) is 0.792. The number of nitrogens with one attached hydrogen (secondary N) is 1. The van der Waals surface area contributed by atoms with E-state index in [1.807, 2.05) is 24.3 Å². The van der Waals surface area contributed by atoms with Crippen molar-refractivity contribution in [2.75, 3.05) is 0 Å². The van der Waals surface area contributed by atoms with E-state index in [0.29, 0.717) is 6.04 Å². The maximum absolute atomic E-state index is 6.05. The maximum Gasteiger partial charge on any atom is 0.134 e. The van der Waals surface area contributed by atoms with Crippen LogP contribution >= 0.6 is 11.6 Å². The molecule has 0 aliphatic heterocycles. The Morgan fingerprint density at radius 1 is 0.875 bits per heavy atom. The van der Waals surface area contributed by atoms with Gasteiger partial charge in [0.05, 0.1) is 6.54 Å². The molecule has 0 unspecified atom stereocenters. The van der Waals surface area contributed by atoms with E-state index in [2.05, 4.69) is 17.4 Å². The van der Waals surface area contributed by atoms with Gasteiger partial charge in [-0.3, -0.25) is 0 Å². The van der Waals surface area contributed by atoms with Gasteiger partial charge >= 0.3 is 0 Å². The summed E-state index contributed by atoms with van der Waals surface area (Å²) >= 11 is 5.96. The van der Waals surface area contributed by atoms with Crippen LogP contribution in [0, 0.1) is 23.7 Å². The fourth-order valence-electron chi connectivity index (χ4n) is 5.72. The summed E-state index contributed by atoms with van der Waals surface area (Å²) in [5.74, 6) is 5.84. The van der Waals surface area contributed by atoms with Gasteiger partial charge in [0.25, 0.3) is 0 Å². The van der Waals surface area contributed by atoms with E-state index in [-0.39, 0.29) is 0 Å². The van der Waals surface area contributed by atoms with Crippen molar-refractivity contribution in [2.45, 2.75) is 44.7 Å². The molecule has 126 valence electrons. The van der Waals surface area contributed by atoms with Crippen molar-refractivity contribution in [2.24, 2.45) is 23.7 Å². The van der Waals surface area contributed by atoms with Crippen molar-refractivity contribution in [3.8, 4) is 11.3 Å². The Kier molecular flexibility index (Phi) is 3.71. The van der Waals surface area contributed by atoms with Crippen molar-refractivity contribution in [3.63, 3.8) is 0 Å². The second-order valence-electron chi connectivity index (χ2n) is 8.11. The fraction of sp³-hybridized carbons (Fsp3) is 0.524. The van der Waals surface area contributed by atoms with Gasteiger partial charge in [0.1, 0.15) is 11.5 Å². The zero-order chi connectivity index (χ0) is 16.1. The summed E-state index contributed by atoms with van der Waals surface area (Å²) in [6, 6.07) is 12.7. The largest absolute Gasteiger partial charge is 0.460 e. The van der Waals surface area contributed by atoms with Crippen molar-refractivity contribution in [1.82, 2.24) is 5.32 Å². The van der Waals surface area contributed by atoms with Crippen LogP contribution in [-0.4, -0.2) is 6.04 Å². The van der Waals surface area contributed by atoms with E-state index in [1.54, 1.807) is 0 Å². The highest BCUT2D eigenvalue weighted by molar-refractivity contribution is 6.30. The fourth-order valence-corrected chi connectivity index (χ4v) is 5.85. The highest BCUT2D eigenvalue weighted by Gasteiger charge is 2.47. The first-order valence-corrected chi connectivity index (χ1v) is 9.70. The van der Waals surface area contributed by atoms with E-state index in [0.717, 1.165) is 52.3 Å². The molecule has 2 aromatic rings. The number of halogens is 1. The summed E-state index contributed by atoms with van der Waals surface area (Å²) in [6.45, 7) is 0.848. The summed E-state index contributed by atoms with van der Waals surface area (Å²) in [4.78, 5) is 0. The lowest BCUT2D eigenvalue weighted by Crippen LogP contribution is -2.54. The Balaban J connectivity index is 1.25. The first kappa shape index (κ1) is 15.0. The van der Waals surface area contributed by atoms with E-state index < -0.39 is 0 Å². The van der Waals surface area contributed by atoms with Crippen LogP contribution in [0.3, 0.4) is 0 Å². The van der Waals surface area contributed by atoms with Gasteiger partial charge in [-0.05, 0) is 92.2 Å². The molecule has 0 saturated heterocycles. The third-order valence-electron chi connectivity index (χ3n) is 6.53. The molecule has 1 aromatic carbocycles. The minimum Gasteiger partial charge on any atom is -0.460 e. The van der Waals surface area contributed by atoms with E-state index in [1.165, 1.54) is 32.1 Å². The molecule has 0 radical (unpaired) electrons. The molecule has 4 aliphatic carbocycles. The van der Waals surface area contributed by atoms with Gasteiger partial charge in [-0.1, -0.05) is 11.6 Å². The molecule has 0 atom stereocenters. The van der Waals surface area contributed by atoms with Crippen molar-refractivity contribution in [3.05, 3.63) is 47.2 Å². The average molecular weight is 342 g/mol. The zero-order valence-corrected chi connectivity index (χ0v) is 14.6. The van der Waals surface area contributed by atoms with Crippen LogP contribution in [-0.2, 0) is 6.54 Å². The third-order valence-corrected chi connectivity index (χ3v) is 6.78. The Morgan fingerprint density at radius 3 is 2.21 bits per heavy atom. The van der Waals surface area contributed by atoms with E-state index >= 15 is 0 Å². The Morgan fingerprint density at radius 2 is 1.54 bits per heavy atom. The second-order valence-corrected chi connectivity index (χ2v) is 8.55. The van der Waals surface area contributed by atoms with E-state index in [4.69, 9.17) is 16.0 Å². The smallest absolute Gasteiger partial charge is 0.134 e. The molecule has 1 heterocycles. The van der Waals surface area contributed by atoms with Gasteiger partial charge in [0.15, 0.2) is 0 Å². The summed E-state index contributed by atoms with van der Waals surface area (Å²) in [6.07, 6.45) is 7.34. The summed E-state index contributed by atoms with van der Waals surface area (Å²) in [5, 5.41) is 4.60. The zero-order valence-electron chi connectivity index (χ0n) is 13.9. The molecular formula is C21H24ClNO. The molecule has 24 heavy (non-hydrogen) atoms. The monoisotopic (exact) mass is 341 g/mol. The minimum atomic E-state index is 0.710. The van der Waals surface area contributed by atoms with Gasteiger partial charge in [0, 0.05) is 16.6 Å². The highest BCUT2D eigenvalue weighted by atomic mass is 35.5. The molecule has 4 saturated carbocycles. The van der Waals surface area contributed by atoms with Crippen LogP contribution in [0.2, 0.25) is 5.02 Å². The standard InChI is InChI=1S/C21H24ClNO/c22-18-3-1-15(2-4-18)20-6-5-19(24-20)12-23-21-16-8-13-7-14(10-16)11-17(21)9-13/h1-6,13-14,16-17,21,23H,7-12H2. The first-order chi connectivity index (χ1) is 11.7. The molecule has 0 spiro atoms. The number of benzene rings is 1. The van der Waals surface area contributed by atoms with Crippen LogP contribution in [0.4, 0.5) is 0 Å². The minimum absolute atomic E-state index is 0.710. The van der Waals surface area contributed by atoms with Gasteiger partial charge in [-0.2, -0.15) is 0 Å². The van der Waals surface area contributed by atoms with Gasteiger partial charge < -0.3 is 9.73 Å². The SMILES string of the molecule is Clc1ccc(-c2ccc(CNC3C4CC5CC(C4)CC3C5)o2)cc1. The summed E-state index contributed by atoms with van der Waals surface area (Å²) in [5.41, 5.74) is 1.08. The molecular weight excluding hydrogens is 318 g/mol. The number of furan rings is 1. The lowest BCUT2D eigenvalue weighted by molar-refractivity contribution is -0.0147. The van der Waals surface area contributed by atoms with Crippen LogP contribution in [0.5, 0.6) is 0 Å². The average Bonchev–Trinajstić information content (AvgIpc) is 3.03. The molecule has 1 N–H and O–H groups in total. The topological polar surface area (TPSA) is 25.2 Å². The summed E-state index contributed by atoms with van der Waals surface area (Å²) in [7, 11) is 0. The van der Waals surface area contributed by atoms with Crippen LogP contribution in [0.25, 0.3) is 11.3 Å². The van der Waals surface area contributed by atoms with Gasteiger partial charge in [-0.15, -0.1) is 0 Å². The van der Waals surface area contributed by atoms with Crippen LogP contribution in [0.15, 0.2) is 40.8 Å². The Labute approximate surface area is 148 Å². The predicted octanol–water partition coefficient (Wildman–Crippen LogP) is 5.51. The number of hydrogen-bond donors (Lipinski definition) is 1. The predicted molar refractivity (Wildman–Crippen MR) is 96.8 cm³/mol. The lowest BCUT2D eigenvalue weighted by Gasteiger charge is -2.54. The van der Waals surface area contributed by atoms with Crippen LogP contribution < -0.4 is 5.32 Å². The molecule has 4 bridgehead atoms. The first-order valence-electron chi connectivity index (χ1n) is 9.32. The summed E-state index contributed by atoms with van der Waals surface area (Å²) < 4.78 is 6.05. The van der Waals surface area contributed by atoms with Gasteiger partial charge in [-0.25, -0.2) is 0 Å². The number of rotatable bonds is 4. The number of hydrogen-bond acceptors (Lipinski definition) is 2. The molecule has 3 heteroatoms. The molecule has 0 amide bonds. The van der Waals surface area contributed by atoms with E-state index in [9.17, 15) is 0 Å². The Bertz CT molecular complexity index is 692. The van der Waals surface area contributed by atoms with Crippen LogP contribution in [0.1, 0.15) is 37.9 Å². The van der Waals surface area contributed by atoms with Crippen molar-refractivity contribution in [1.29, 1.82) is 0 Å². The molecule has 6 rings (SSSR count). The lowest BCUT2D eigenvalue weighted by atomic mass is 9.54. The second kappa shape index (κ2) is 5.93. The molecule has 2 nitrogen and oxygen atoms in total. The maximum atomic E-state index is 6.05. The molecule has 1 aromatic heterocycles. The highest BCUT2D eigenvalue weighted by Crippen LogP contribution is 2.53. The third kappa shape index (κ3) is 2.70. The molecule has 4 fully saturated rings. The normalized spacial score (nSPS) is 34.0. The van der Waals surface area contributed by atoms with Gasteiger partial charge in [0.2, 0.25) is 0 Å². The van der Waals surface area contributed by atoms with Crippen molar-refractivity contribution >= 4 is 11.6 Å². The van der Waals surface area contributed by atoms with Crippen molar-refractivity contribution < 1.29 is 4.42 Å².